The summed E-state index contributed by atoms with van der Waals surface area (Å²) in [7, 11) is 0. The van der Waals surface area contributed by atoms with E-state index in [2.05, 4.69) is 40.0 Å². The summed E-state index contributed by atoms with van der Waals surface area (Å²) in [4.78, 5) is 29.2. The van der Waals surface area contributed by atoms with Crippen molar-refractivity contribution in [1.29, 1.82) is 0 Å². The Morgan fingerprint density at radius 2 is 2.00 bits per heavy atom. The molecule has 5 rings (SSSR count). The Balaban J connectivity index is 1.44. The topological polar surface area (TPSA) is 58.6 Å². The minimum Gasteiger partial charge on any atom is -0.361 e. The van der Waals surface area contributed by atoms with Crippen molar-refractivity contribution < 1.29 is 9.53 Å². The van der Waals surface area contributed by atoms with Gasteiger partial charge in [0, 0.05) is 73.2 Å². The van der Waals surface area contributed by atoms with Crippen LogP contribution in [0.2, 0.25) is 0 Å². The highest BCUT2D eigenvalue weighted by Gasteiger charge is 2.57. The second-order valence-electron chi connectivity index (χ2n) is 8.34. The number of nitrogens with zero attached hydrogens (tertiary/aromatic N) is 4. The Bertz CT molecular complexity index is 1040. The van der Waals surface area contributed by atoms with E-state index in [1.54, 1.807) is 18.6 Å². The van der Waals surface area contributed by atoms with Crippen molar-refractivity contribution in [2.45, 2.75) is 31.5 Å². The van der Waals surface area contributed by atoms with Crippen LogP contribution in [0, 0.1) is 6.92 Å². The average Bonchev–Trinajstić information content (AvgIpc) is 3.37. The number of pyridine rings is 2. The Morgan fingerprint density at radius 3 is 2.74 bits per heavy atom. The fourth-order valence-electron chi connectivity index (χ4n) is 4.77. The largest absolute Gasteiger partial charge is 0.361 e. The van der Waals surface area contributed by atoms with Crippen molar-refractivity contribution >= 4 is 17.2 Å². The van der Waals surface area contributed by atoms with E-state index in [1.807, 2.05) is 40.6 Å². The number of rotatable bonds is 5. The van der Waals surface area contributed by atoms with Crippen molar-refractivity contribution in [3.05, 3.63) is 82.1 Å². The van der Waals surface area contributed by atoms with Crippen LogP contribution in [-0.2, 0) is 22.6 Å². The third-order valence-electron chi connectivity index (χ3n) is 6.22. The third-order valence-corrected chi connectivity index (χ3v) is 7.20. The van der Waals surface area contributed by atoms with Crippen molar-refractivity contribution in [2.24, 2.45) is 0 Å². The number of aryl methyl sites for hydroxylation is 1. The summed E-state index contributed by atoms with van der Waals surface area (Å²) in [6, 6.07) is 12.3. The number of hydrogen-bond acceptors (Lipinski definition) is 6. The molecule has 3 aromatic heterocycles. The molecule has 0 aliphatic carbocycles. The lowest BCUT2D eigenvalue weighted by molar-refractivity contribution is -0.173. The van der Waals surface area contributed by atoms with Crippen LogP contribution in [0.15, 0.2) is 61.2 Å². The highest BCUT2D eigenvalue weighted by molar-refractivity contribution is 7.11. The van der Waals surface area contributed by atoms with Gasteiger partial charge in [-0.15, -0.1) is 11.3 Å². The number of morpholine rings is 1. The molecule has 7 heteroatoms. The molecule has 0 bridgehead atoms. The monoisotopic (exact) mass is 434 g/mol. The Labute approximate surface area is 186 Å². The van der Waals surface area contributed by atoms with Crippen molar-refractivity contribution in [3.63, 3.8) is 0 Å². The van der Waals surface area contributed by atoms with Gasteiger partial charge < -0.3 is 9.64 Å². The van der Waals surface area contributed by atoms with E-state index < -0.39 is 5.60 Å². The number of likely N-dealkylation sites (tertiary alicyclic amines) is 1. The molecule has 160 valence electrons. The Kier molecular flexibility index (Phi) is 5.56. The van der Waals surface area contributed by atoms with Crippen LogP contribution in [0.3, 0.4) is 0 Å². The summed E-state index contributed by atoms with van der Waals surface area (Å²) in [5.41, 5.74) is 1.27. The van der Waals surface area contributed by atoms with Crippen LogP contribution in [0.4, 0.5) is 0 Å². The van der Waals surface area contributed by atoms with E-state index in [0.29, 0.717) is 26.2 Å². The van der Waals surface area contributed by atoms with Crippen LogP contribution in [0.25, 0.3) is 0 Å². The minimum absolute atomic E-state index is 0.0463. The van der Waals surface area contributed by atoms with Gasteiger partial charge in [0.1, 0.15) is 0 Å². The molecule has 0 saturated carbocycles. The Hall–Kier alpha value is -2.61. The lowest BCUT2D eigenvalue weighted by Crippen LogP contribution is -2.59. The fraction of sp³-hybridized carbons (Fsp3) is 0.375. The molecule has 0 aromatic carbocycles. The molecule has 2 atom stereocenters. The maximum Gasteiger partial charge on any atom is 0.257 e. The normalized spacial score (nSPS) is 24.2. The standard InChI is InChI=1S/C24H26N4O2S/c1-18-4-5-21(31-18)15-27-16-22(20-3-2-8-26-13-20)24(17-27)23(29)28(11-12-30-24)14-19-6-9-25-10-7-19/h2-10,13,22H,11-12,14-17H2,1H3/t22-,24-/m1/s1. The molecular formula is C24H26N4O2S. The van der Waals surface area contributed by atoms with Gasteiger partial charge in [0.2, 0.25) is 0 Å². The summed E-state index contributed by atoms with van der Waals surface area (Å²) < 4.78 is 6.38. The van der Waals surface area contributed by atoms with E-state index in [-0.39, 0.29) is 11.8 Å². The summed E-state index contributed by atoms with van der Waals surface area (Å²) in [6.45, 7) is 6.05. The summed E-state index contributed by atoms with van der Waals surface area (Å²) in [5.74, 6) is 0.0317. The first kappa shape index (κ1) is 20.3. The van der Waals surface area contributed by atoms with Gasteiger partial charge in [-0.3, -0.25) is 19.7 Å². The van der Waals surface area contributed by atoms with E-state index >= 15 is 0 Å². The number of ether oxygens (including phenoxy) is 1. The van der Waals surface area contributed by atoms with Crippen molar-refractivity contribution in [1.82, 2.24) is 19.8 Å². The molecule has 0 unspecified atom stereocenters. The molecule has 31 heavy (non-hydrogen) atoms. The van der Waals surface area contributed by atoms with E-state index in [9.17, 15) is 4.79 Å². The highest BCUT2D eigenvalue weighted by atomic mass is 32.1. The van der Waals surface area contributed by atoms with Crippen LogP contribution in [0.1, 0.15) is 26.8 Å². The van der Waals surface area contributed by atoms with Gasteiger partial charge in [0.15, 0.2) is 5.60 Å². The maximum absolute atomic E-state index is 13.9. The predicted molar refractivity (Wildman–Crippen MR) is 120 cm³/mol. The van der Waals surface area contributed by atoms with E-state index in [1.165, 1.54) is 9.75 Å². The van der Waals surface area contributed by atoms with E-state index in [4.69, 9.17) is 4.74 Å². The molecule has 3 aromatic rings. The SMILES string of the molecule is Cc1ccc(CN2C[C@H](c3cccnc3)[C@@]3(C2)OCCN(Cc2ccncc2)C3=O)s1. The zero-order valence-electron chi connectivity index (χ0n) is 17.6. The van der Waals surface area contributed by atoms with Crippen molar-refractivity contribution in [2.75, 3.05) is 26.2 Å². The van der Waals surface area contributed by atoms with Crippen LogP contribution < -0.4 is 0 Å². The van der Waals surface area contributed by atoms with Crippen molar-refractivity contribution in [3.8, 4) is 0 Å². The molecular weight excluding hydrogens is 408 g/mol. The van der Waals surface area contributed by atoms with E-state index in [0.717, 1.165) is 24.2 Å². The number of carbonyl (C=O) groups is 1. The first-order valence-electron chi connectivity index (χ1n) is 10.6. The lowest BCUT2D eigenvalue weighted by Gasteiger charge is -2.42. The first-order valence-corrected chi connectivity index (χ1v) is 11.5. The molecule has 5 heterocycles. The number of aromatic nitrogens is 2. The van der Waals surface area contributed by atoms with Crippen LogP contribution in [0.5, 0.6) is 0 Å². The number of amides is 1. The number of carbonyl (C=O) groups excluding carboxylic acids is 1. The molecule has 2 aliphatic heterocycles. The van der Waals surface area contributed by atoms with Gasteiger partial charge in [-0.25, -0.2) is 0 Å². The van der Waals surface area contributed by atoms with Crippen LogP contribution in [-0.4, -0.2) is 57.5 Å². The molecule has 1 spiro atoms. The van der Waals surface area contributed by atoms with Gasteiger partial charge in [0.05, 0.1) is 6.61 Å². The summed E-state index contributed by atoms with van der Waals surface area (Å²) in [5, 5.41) is 0. The maximum atomic E-state index is 13.9. The zero-order chi connectivity index (χ0) is 21.3. The first-order chi connectivity index (χ1) is 15.1. The summed E-state index contributed by atoms with van der Waals surface area (Å²) >= 11 is 1.81. The fourth-order valence-corrected chi connectivity index (χ4v) is 5.70. The van der Waals surface area contributed by atoms with Gasteiger partial charge in [-0.1, -0.05) is 6.07 Å². The molecule has 0 radical (unpaired) electrons. The number of hydrogen-bond donors (Lipinski definition) is 0. The summed E-state index contributed by atoms with van der Waals surface area (Å²) in [6.07, 6.45) is 7.20. The van der Waals surface area contributed by atoms with Gasteiger partial charge in [-0.2, -0.15) is 0 Å². The molecule has 1 amide bonds. The molecule has 2 saturated heterocycles. The molecule has 2 fully saturated rings. The predicted octanol–water partition coefficient (Wildman–Crippen LogP) is 3.24. The average molecular weight is 435 g/mol. The zero-order valence-corrected chi connectivity index (χ0v) is 18.4. The number of thiophene rings is 1. The third kappa shape index (κ3) is 4.01. The van der Waals surface area contributed by atoms with Crippen LogP contribution >= 0.6 is 11.3 Å². The Morgan fingerprint density at radius 1 is 1.13 bits per heavy atom. The highest BCUT2D eigenvalue weighted by Crippen LogP contribution is 2.42. The second-order valence-corrected chi connectivity index (χ2v) is 9.71. The van der Waals surface area contributed by atoms with Gasteiger partial charge in [0.25, 0.3) is 5.91 Å². The second kappa shape index (κ2) is 8.49. The lowest BCUT2D eigenvalue weighted by atomic mass is 9.83. The molecule has 0 N–H and O–H groups in total. The smallest absolute Gasteiger partial charge is 0.257 e. The molecule has 6 nitrogen and oxygen atoms in total. The quantitative estimate of drug-likeness (QED) is 0.617. The molecule has 2 aliphatic rings. The minimum atomic E-state index is -0.874. The van der Waals surface area contributed by atoms with Gasteiger partial charge >= 0.3 is 0 Å². The van der Waals surface area contributed by atoms with Gasteiger partial charge in [-0.05, 0) is 48.4 Å².